The van der Waals surface area contributed by atoms with Crippen LogP contribution in [0.3, 0.4) is 0 Å². The van der Waals surface area contributed by atoms with Crippen molar-refractivity contribution in [2.24, 2.45) is 11.3 Å². The van der Waals surface area contributed by atoms with Crippen LogP contribution < -0.4 is 5.32 Å². The molecule has 5 heteroatoms. The molecule has 1 fully saturated rings. The predicted molar refractivity (Wildman–Crippen MR) is 82.3 cm³/mol. The lowest BCUT2D eigenvalue weighted by Crippen LogP contribution is -2.46. The highest BCUT2D eigenvalue weighted by molar-refractivity contribution is 7.91. The van der Waals surface area contributed by atoms with Crippen molar-refractivity contribution in [2.75, 3.05) is 11.5 Å². The average Bonchev–Trinajstić information content (AvgIpc) is 2.16. The third-order valence-corrected chi connectivity index (χ3v) is 5.31. The van der Waals surface area contributed by atoms with Crippen molar-refractivity contribution in [2.45, 2.75) is 65.8 Å². The van der Waals surface area contributed by atoms with Crippen molar-refractivity contribution >= 4 is 15.7 Å². The van der Waals surface area contributed by atoms with Crippen molar-refractivity contribution in [1.82, 2.24) is 5.32 Å². The van der Waals surface area contributed by atoms with Gasteiger partial charge in [0.25, 0.3) is 0 Å². The quantitative estimate of drug-likeness (QED) is 0.868. The van der Waals surface area contributed by atoms with Gasteiger partial charge in [0.2, 0.25) is 5.91 Å². The molecule has 0 unspecified atom stereocenters. The van der Waals surface area contributed by atoms with Crippen LogP contribution in [0, 0.1) is 11.3 Å². The number of hydrogen-bond acceptors (Lipinski definition) is 3. The van der Waals surface area contributed by atoms with Crippen molar-refractivity contribution < 1.29 is 13.2 Å². The molecule has 0 aromatic carbocycles. The average molecular weight is 303 g/mol. The van der Waals surface area contributed by atoms with Crippen LogP contribution in [0.1, 0.15) is 60.3 Å². The summed E-state index contributed by atoms with van der Waals surface area (Å²) in [7, 11) is -2.84. The molecule has 1 rings (SSSR count). The molecule has 1 amide bonds. The highest BCUT2D eigenvalue weighted by Gasteiger charge is 2.29. The zero-order valence-electron chi connectivity index (χ0n) is 13.5. The summed E-state index contributed by atoms with van der Waals surface area (Å²) in [6, 6.07) is 0. The summed E-state index contributed by atoms with van der Waals surface area (Å²) in [5.41, 5.74) is -0.0637. The summed E-state index contributed by atoms with van der Waals surface area (Å²) >= 11 is 0. The van der Waals surface area contributed by atoms with Gasteiger partial charge >= 0.3 is 0 Å². The first kappa shape index (κ1) is 17.5. The van der Waals surface area contributed by atoms with Gasteiger partial charge in [-0.05, 0) is 44.4 Å². The molecule has 0 saturated carbocycles. The molecule has 1 aliphatic rings. The van der Waals surface area contributed by atoms with Gasteiger partial charge in [0, 0.05) is 12.0 Å². The summed E-state index contributed by atoms with van der Waals surface area (Å²) < 4.78 is 22.7. The SMILES string of the molecule is CC(C)(C)CC(C)(C)NC(=O)CC1CCS(=O)(=O)CC1. The van der Waals surface area contributed by atoms with E-state index in [1.165, 1.54) is 0 Å². The molecule has 0 aliphatic carbocycles. The lowest BCUT2D eigenvalue weighted by molar-refractivity contribution is -0.124. The number of sulfone groups is 1. The van der Waals surface area contributed by atoms with Crippen molar-refractivity contribution in [1.29, 1.82) is 0 Å². The van der Waals surface area contributed by atoms with E-state index in [2.05, 4.69) is 26.1 Å². The first-order chi connectivity index (χ1) is 8.89. The molecule has 118 valence electrons. The van der Waals surface area contributed by atoms with E-state index in [0.29, 0.717) is 19.3 Å². The van der Waals surface area contributed by atoms with Crippen LogP contribution >= 0.6 is 0 Å². The standard InChI is InChI=1S/C15H29NO3S/c1-14(2,3)11-15(4,5)16-13(17)10-12-6-8-20(18,19)9-7-12/h12H,6-11H2,1-5H3,(H,16,17). The van der Waals surface area contributed by atoms with Gasteiger partial charge in [-0.25, -0.2) is 8.42 Å². The number of rotatable bonds is 4. The minimum atomic E-state index is -2.84. The maximum atomic E-state index is 12.1. The van der Waals surface area contributed by atoms with Crippen LogP contribution in [0.5, 0.6) is 0 Å². The Kier molecular flexibility index (Phi) is 5.28. The van der Waals surface area contributed by atoms with E-state index in [0.717, 1.165) is 6.42 Å². The van der Waals surface area contributed by atoms with Gasteiger partial charge in [-0.2, -0.15) is 0 Å². The maximum absolute atomic E-state index is 12.1. The number of amides is 1. The molecule has 4 nitrogen and oxygen atoms in total. The lowest BCUT2D eigenvalue weighted by atomic mass is 9.81. The molecule has 1 N–H and O–H groups in total. The number of nitrogens with one attached hydrogen (secondary N) is 1. The minimum absolute atomic E-state index is 0.0450. The third kappa shape index (κ3) is 6.73. The van der Waals surface area contributed by atoms with Crippen LogP contribution in [0.15, 0.2) is 0 Å². The molecule has 1 aliphatic heterocycles. The van der Waals surface area contributed by atoms with Crippen molar-refractivity contribution in [3.63, 3.8) is 0 Å². The van der Waals surface area contributed by atoms with Crippen molar-refractivity contribution in [3.8, 4) is 0 Å². The molecular weight excluding hydrogens is 274 g/mol. The van der Waals surface area contributed by atoms with Crippen LogP contribution in [0.4, 0.5) is 0 Å². The van der Waals surface area contributed by atoms with Crippen LogP contribution in [0.25, 0.3) is 0 Å². The van der Waals surface area contributed by atoms with E-state index in [1.54, 1.807) is 0 Å². The zero-order chi connectivity index (χ0) is 15.6. The summed E-state index contributed by atoms with van der Waals surface area (Å²) in [5, 5.41) is 3.09. The lowest BCUT2D eigenvalue weighted by Gasteiger charge is -2.34. The zero-order valence-corrected chi connectivity index (χ0v) is 14.3. The second-order valence-corrected chi connectivity index (χ2v) is 10.3. The molecule has 0 aromatic heterocycles. The Labute approximate surface area is 123 Å². The van der Waals surface area contributed by atoms with E-state index in [9.17, 15) is 13.2 Å². The fourth-order valence-corrected chi connectivity index (χ4v) is 4.79. The molecule has 0 atom stereocenters. The largest absolute Gasteiger partial charge is 0.351 e. The van der Waals surface area contributed by atoms with Gasteiger partial charge in [-0.15, -0.1) is 0 Å². The molecule has 1 saturated heterocycles. The maximum Gasteiger partial charge on any atom is 0.220 e. The molecule has 0 aromatic rings. The van der Waals surface area contributed by atoms with E-state index in [4.69, 9.17) is 0 Å². The number of carbonyl (C=O) groups excluding carboxylic acids is 1. The highest BCUT2D eigenvalue weighted by Crippen LogP contribution is 2.27. The first-order valence-corrected chi connectivity index (χ1v) is 9.22. The van der Waals surface area contributed by atoms with Gasteiger partial charge in [0.05, 0.1) is 11.5 Å². The second kappa shape index (κ2) is 6.04. The summed E-state index contributed by atoms with van der Waals surface area (Å²) in [6.45, 7) is 10.6. The van der Waals surface area contributed by atoms with Gasteiger partial charge in [-0.1, -0.05) is 20.8 Å². The van der Waals surface area contributed by atoms with Gasteiger partial charge in [-0.3, -0.25) is 4.79 Å². The van der Waals surface area contributed by atoms with Crippen LogP contribution in [0.2, 0.25) is 0 Å². The summed E-state index contributed by atoms with van der Waals surface area (Å²) in [4.78, 5) is 12.1. The minimum Gasteiger partial charge on any atom is -0.351 e. The Balaban J connectivity index is 2.44. The molecule has 0 radical (unpaired) electrons. The molecule has 1 heterocycles. The van der Waals surface area contributed by atoms with Crippen LogP contribution in [-0.4, -0.2) is 31.4 Å². The van der Waals surface area contributed by atoms with E-state index >= 15 is 0 Å². The first-order valence-electron chi connectivity index (χ1n) is 7.40. The monoisotopic (exact) mass is 303 g/mol. The van der Waals surface area contributed by atoms with Crippen LogP contribution in [-0.2, 0) is 14.6 Å². The highest BCUT2D eigenvalue weighted by atomic mass is 32.2. The Morgan fingerprint density at radius 3 is 2.05 bits per heavy atom. The topological polar surface area (TPSA) is 63.2 Å². The Morgan fingerprint density at radius 2 is 1.60 bits per heavy atom. The Hall–Kier alpha value is -0.580. The molecule has 0 spiro atoms. The van der Waals surface area contributed by atoms with Gasteiger partial charge in [0.1, 0.15) is 9.84 Å². The van der Waals surface area contributed by atoms with E-state index in [-0.39, 0.29) is 34.3 Å². The van der Waals surface area contributed by atoms with Gasteiger partial charge in [0.15, 0.2) is 0 Å². The summed E-state index contributed by atoms with van der Waals surface area (Å²) in [6.07, 6.45) is 2.60. The molecule has 20 heavy (non-hydrogen) atoms. The van der Waals surface area contributed by atoms with E-state index < -0.39 is 9.84 Å². The van der Waals surface area contributed by atoms with Crippen molar-refractivity contribution in [3.05, 3.63) is 0 Å². The second-order valence-electron chi connectivity index (χ2n) is 7.97. The Bertz CT molecular complexity index is 432. The smallest absolute Gasteiger partial charge is 0.220 e. The summed E-state index contributed by atoms with van der Waals surface area (Å²) in [5.74, 6) is 0.722. The Morgan fingerprint density at radius 1 is 1.10 bits per heavy atom. The molecular formula is C15H29NO3S. The van der Waals surface area contributed by atoms with Gasteiger partial charge < -0.3 is 5.32 Å². The molecule has 0 bridgehead atoms. The number of carbonyl (C=O) groups is 1. The van der Waals surface area contributed by atoms with E-state index in [1.807, 2.05) is 13.8 Å². The fourth-order valence-electron chi connectivity index (χ4n) is 3.20. The normalized spacial score (nSPS) is 20.6. The fraction of sp³-hybridized carbons (Fsp3) is 0.933. The number of hydrogen-bond donors (Lipinski definition) is 1. The third-order valence-electron chi connectivity index (χ3n) is 3.60. The predicted octanol–water partition coefficient (Wildman–Crippen LogP) is 2.53.